The molecule has 2 atom stereocenters. The number of anilines is 1. The Balaban J connectivity index is 1.67. The molecule has 6 nitrogen and oxygen atoms in total. The number of hydrogen-bond donors (Lipinski definition) is 1. The van der Waals surface area contributed by atoms with Gasteiger partial charge >= 0.3 is 0 Å². The Labute approximate surface area is 156 Å². The van der Waals surface area contributed by atoms with Crippen molar-refractivity contribution in [3.8, 4) is 17.0 Å². The van der Waals surface area contributed by atoms with Crippen LogP contribution in [0.5, 0.6) is 5.75 Å². The fourth-order valence-electron chi connectivity index (χ4n) is 4.06. The van der Waals surface area contributed by atoms with E-state index < -0.39 is 5.82 Å². The molecule has 3 heterocycles. The summed E-state index contributed by atoms with van der Waals surface area (Å²) in [6, 6.07) is 2.66. The Morgan fingerprint density at radius 1 is 1.23 bits per heavy atom. The number of halogens is 2. The van der Waals surface area contributed by atoms with Gasteiger partial charge in [-0.05, 0) is 51.4 Å². The number of rotatable bonds is 2. The van der Waals surface area contributed by atoms with E-state index >= 15 is 0 Å². The molecule has 138 valence electrons. The van der Waals surface area contributed by atoms with Crippen LogP contribution in [0.1, 0.15) is 18.5 Å². The first kappa shape index (κ1) is 17.4. The van der Waals surface area contributed by atoms with E-state index in [1.165, 1.54) is 12.5 Å². The lowest BCUT2D eigenvalue weighted by Crippen LogP contribution is -2.47. The number of hydrogen-bond acceptors (Lipinski definition) is 6. The SMILES string of the molecule is Cc1nc(N2CC[C@@H]3CCN(C)C[C@@H]32)nnc1-c1cc(F)cc(Cl)c1O. The van der Waals surface area contributed by atoms with E-state index in [4.69, 9.17) is 11.6 Å². The molecule has 1 N–H and O–H groups in total. The van der Waals surface area contributed by atoms with Crippen LogP contribution in [-0.2, 0) is 0 Å². The minimum absolute atomic E-state index is 0.0575. The van der Waals surface area contributed by atoms with Crippen LogP contribution in [0.2, 0.25) is 5.02 Å². The van der Waals surface area contributed by atoms with E-state index in [1.54, 1.807) is 6.92 Å². The molecule has 0 saturated carbocycles. The number of likely N-dealkylation sites (tertiary alicyclic amines) is 1. The monoisotopic (exact) mass is 377 g/mol. The number of aromatic hydroxyl groups is 1. The van der Waals surface area contributed by atoms with Gasteiger partial charge in [-0.2, -0.15) is 0 Å². The summed E-state index contributed by atoms with van der Waals surface area (Å²) in [6.07, 6.45) is 2.33. The lowest BCUT2D eigenvalue weighted by molar-refractivity contribution is 0.207. The second-order valence-corrected chi connectivity index (χ2v) is 7.60. The predicted octanol–water partition coefficient (Wildman–Crippen LogP) is 2.88. The van der Waals surface area contributed by atoms with Crippen molar-refractivity contribution in [2.24, 2.45) is 5.92 Å². The molecule has 2 aliphatic heterocycles. The third-order valence-corrected chi connectivity index (χ3v) is 5.74. The summed E-state index contributed by atoms with van der Waals surface area (Å²) in [5, 5.41) is 18.6. The Morgan fingerprint density at radius 3 is 2.77 bits per heavy atom. The van der Waals surface area contributed by atoms with E-state index in [9.17, 15) is 9.50 Å². The smallest absolute Gasteiger partial charge is 0.245 e. The summed E-state index contributed by atoms with van der Waals surface area (Å²) in [5.41, 5.74) is 1.12. The summed E-state index contributed by atoms with van der Waals surface area (Å²) < 4.78 is 13.7. The molecule has 8 heteroatoms. The fourth-order valence-corrected chi connectivity index (χ4v) is 4.26. The van der Waals surface area contributed by atoms with Gasteiger partial charge in [0.25, 0.3) is 0 Å². The summed E-state index contributed by atoms with van der Waals surface area (Å²) in [7, 11) is 2.14. The number of nitrogens with zero attached hydrogens (tertiary/aromatic N) is 5. The number of benzene rings is 1. The van der Waals surface area contributed by atoms with Crippen LogP contribution >= 0.6 is 11.6 Å². The maximum Gasteiger partial charge on any atom is 0.245 e. The zero-order chi connectivity index (χ0) is 18.4. The maximum atomic E-state index is 13.7. The highest BCUT2D eigenvalue weighted by Gasteiger charge is 2.39. The van der Waals surface area contributed by atoms with E-state index in [2.05, 4.69) is 32.0 Å². The molecule has 26 heavy (non-hydrogen) atoms. The molecule has 0 unspecified atom stereocenters. The lowest BCUT2D eigenvalue weighted by atomic mass is 9.92. The third kappa shape index (κ3) is 2.99. The van der Waals surface area contributed by atoms with Gasteiger partial charge in [-0.25, -0.2) is 9.37 Å². The zero-order valence-electron chi connectivity index (χ0n) is 14.8. The van der Waals surface area contributed by atoms with Crippen molar-refractivity contribution < 1.29 is 9.50 Å². The first-order valence-electron chi connectivity index (χ1n) is 8.79. The topological polar surface area (TPSA) is 65.4 Å². The van der Waals surface area contributed by atoms with Crippen LogP contribution in [0.25, 0.3) is 11.3 Å². The summed E-state index contributed by atoms with van der Waals surface area (Å²) >= 11 is 5.87. The standard InChI is InChI=1S/C18H21ClFN5O/c1-10-16(13-7-12(20)8-14(19)17(13)26)22-23-18(21-10)25-6-4-11-3-5-24(2)9-15(11)25/h7-8,11,15,26H,3-6,9H2,1-2H3/t11-,15-/m0/s1. The number of phenols is 1. The Morgan fingerprint density at radius 2 is 2.00 bits per heavy atom. The summed E-state index contributed by atoms with van der Waals surface area (Å²) in [4.78, 5) is 9.16. The van der Waals surface area contributed by atoms with Crippen LogP contribution in [0.3, 0.4) is 0 Å². The molecule has 4 rings (SSSR count). The molecule has 0 aliphatic carbocycles. The van der Waals surface area contributed by atoms with Crippen LogP contribution in [0.4, 0.5) is 10.3 Å². The molecule has 1 aromatic carbocycles. The average Bonchev–Trinajstić information content (AvgIpc) is 3.01. The number of piperidine rings is 1. The highest BCUT2D eigenvalue weighted by Crippen LogP contribution is 2.37. The Bertz CT molecular complexity index is 849. The maximum absolute atomic E-state index is 13.7. The van der Waals surface area contributed by atoms with Crippen molar-refractivity contribution >= 4 is 17.5 Å². The van der Waals surface area contributed by atoms with Gasteiger partial charge in [0.1, 0.15) is 17.3 Å². The van der Waals surface area contributed by atoms with Gasteiger partial charge in [-0.15, -0.1) is 10.2 Å². The average molecular weight is 378 g/mol. The quantitative estimate of drug-likeness (QED) is 0.868. The molecule has 1 aromatic heterocycles. The van der Waals surface area contributed by atoms with Gasteiger partial charge in [-0.3, -0.25) is 0 Å². The minimum Gasteiger partial charge on any atom is -0.506 e. The van der Waals surface area contributed by atoms with E-state index in [1.807, 2.05) is 0 Å². The Hall–Kier alpha value is -1.99. The summed E-state index contributed by atoms with van der Waals surface area (Å²) in [6.45, 7) is 4.83. The summed E-state index contributed by atoms with van der Waals surface area (Å²) in [5.74, 6) is 0.507. The van der Waals surface area contributed by atoms with Crippen LogP contribution < -0.4 is 4.90 Å². The van der Waals surface area contributed by atoms with Crippen LogP contribution in [-0.4, -0.2) is 57.9 Å². The third-order valence-electron chi connectivity index (χ3n) is 5.46. The molecule has 2 saturated heterocycles. The Kier molecular flexibility index (Phi) is 4.44. The van der Waals surface area contributed by atoms with Gasteiger partial charge in [0.15, 0.2) is 0 Å². The molecule has 0 spiro atoms. The fraction of sp³-hybridized carbons (Fsp3) is 0.500. The van der Waals surface area contributed by atoms with Crippen LogP contribution in [0, 0.1) is 18.7 Å². The minimum atomic E-state index is -0.541. The first-order chi connectivity index (χ1) is 12.4. The first-order valence-corrected chi connectivity index (χ1v) is 9.16. The van der Waals surface area contributed by atoms with E-state index in [0.29, 0.717) is 29.3 Å². The van der Waals surface area contributed by atoms with Gasteiger partial charge in [0.2, 0.25) is 5.95 Å². The molecule has 2 aromatic rings. The van der Waals surface area contributed by atoms with Gasteiger partial charge in [-0.1, -0.05) is 11.6 Å². The van der Waals surface area contributed by atoms with Crippen molar-refractivity contribution in [1.82, 2.24) is 20.1 Å². The van der Waals surface area contributed by atoms with E-state index in [0.717, 1.165) is 32.1 Å². The largest absolute Gasteiger partial charge is 0.506 e. The molecular weight excluding hydrogens is 357 g/mol. The van der Waals surface area contributed by atoms with Crippen molar-refractivity contribution in [3.63, 3.8) is 0 Å². The second-order valence-electron chi connectivity index (χ2n) is 7.19. The molecule has 0 radical (unpaired) electrons. The highest BCUT2D eigenvalue weighted by molar-refractivity contribution is 6.32. The molecule has 2 fully saturated rings. The van der Waals surface area contributed by atoms with Gasteiger partial charge in [0.05, 0.1) is 16.3 Å². The number of fused-ring (bicyclic) bond motifs is 1. The number of aromatic nitrogens is 3. The van der Waals surface area contributed by atoms with Crippen molar-refractivity contribution in [2.75, 3.05) is 31.6 Å². The highest BCUT2D eigenvalue weighted by atomic mass is 35.5. The molecule has 0 bridgehead atoms. The van der Waals surface area contributed by atoms with Gasteiger partial charge in [0, 0.05) is 19.1 Å². The number of aryl methyl sites for hydroxylation is 1. The zero-order valence-corrected chi connectivity index (χ0v) is 15.5. The molecule has 2 aliphatic rings. The van der Waals surface area contributed by atoms with Crippen LogP contribution in [0.15, 0.2) is 12.1 Å². The van der Waals surface area contributed by atoms with Gasteiger partial charge < -0.3 is 14.9 Å². The predicted molar refractivity (Wildman–Crippen MR) is 98.0 cm³/mol. The second kappa shape index (κ2) is 6.63. The van der Waals surface area contributed by atoms with Crippen molar-refractivity contribution in [2.45, 2.75) is 25.8 Å². The van der Waals surface area contributed by atoms with E-state index in [-0.39, 0.29) is 16.3 Å². The van der Waals surface area contributed by atoms with Crippen molar-refractivity contribution in [1.29, 1.82) is 0 Å². The lowest BCUT2D eigenvalue weighted by Gasteiger charge is -2.36. The number of likely N-dealkylation sites (N-methyl/N-ethyl adjacent to an activating group) is 1. The van der Waals surface area contributed by atoms with Crippen molar-refractivity contribution in [3.05, 3.63) is 28.7 Å². The molecular formula is C18H21ClFN5O. The molecule has 0 amide bonds. The number of phenolic OH excluding ortho intramolecular Hbond substituents is 1. The normalized spacial score (nSPS) is 23.3.